The molecule has 2 rings (SSSR count). The Bertz CT molecular complexity index is 424. The van der Waals surface area contributed by atoms with Gasteiger partial charge in [0.25, 0.3) is 0 Å². The lowest BCUT2D eigenvalue weighted by atomic mass is 9.71. The molecule has 21 heavy (non-hydrogen) atoms. The number of hydrogen-bond acceptors (Lipinski definition) is 4. The molecule has 3 atom stereocenters. The number of fused-ring (bicyclic) bond motifs is 1. The molecule has 6 heteroatoms. The minimum atomic E-state index is -0.598. The average Bonchev–Trinajstić information content (AvgIpc) is 2.45. The normalized spacial score (nSPS) is 31.9. The number of piperidine rings is 1. The van der Waals surface area contributed by atoms with Gasteiger partial charge < -0.3 is 20.9 Å². The molecule has 0 radical (unpaired) electrons. The largest absolute Gasteiger partial charge is 0.409 e. The van der Waals surface area contributed by atoms with Crippen molar-refractivity contribution in [2.24, 2.45) is 28.6 Å². The lowest BCUT2D eigenvalue weighted by molar-refractivity contribution is -0.146. The quantitative estimate of drug-likeness (QED) is 0.315. The maximum atomic E-state index is 12.7. The summed E-state index contributed by atoms with van der Waals surface area (Å²) < 4.78 is 0. The molecule has 1 aliphatic carbocycles. The molecule has 3 unspecified atom stereocenters. The van der Waals surface area contributed by atoms with Crippen LogP contribution >= 0.6 is 0 Å². The van der Waals surface area contributed by atoms with E-state index in [0.29, 0.717) is 19.5 Å². The fourth-order valence-electron chi connectivity index (χ4n) is 3.78. The Labute approximate surface area is 126 Å². The molecule has 1 saturated heterocycles. The standard InChI is InChI=1S/C15H27N3O3/c1-10(2)12(13(16)17-21)14(19)18-8-7-15(20)6-4-3-5-11(15)9-18/h10-12,20-21H,3-9H2,1-2H3,(H2,16,17). The van der Waals surface area contributed by atoms with Gasteiger partial charge in [-0.05, 0) is 25.2 Å². The molecule has 1 amide bonds. The Balaban J connectivity index is 2.10. The molecular weight excluding hydrogens is 270 g/mol. The topological polar surface area (TPSA) is 99.2 Å². The highest BCUT2D eigenvalue weighted by atomic mass is 16.4. The van der Waals surface area contributed by atoms with E-state index in [1.54, 1.807) is 4.90 Å². The Morgan fingerprint density at radius 1 is 1.38 bits per heavy atom. The lowest BCUT2D eigenvalue weighted by Gasteiger charge is -2.48. The van der Waals surface area contributed by atoms with E-state index in [1.165, 1.54) is 0 Å². The van der Waals surface area contributed by atoms with Crippen LogP contribution in [0.2, 0.25) is 0 Å². The molecule has 0 spiro atoms. The number of nitrogens with two attached hydrogens (primary N) is 1. The number of oxime groups is 1. The van der Waals surface area contributed by atoms with Crippen LogP contribution in [-0.4, -0.2) is 45.6 Å². The summed E-state index contributed by atoms with van der Waals surface area (Å²) in [6.07, 6.45) is 4.62. The van der Waals surface area contributed by atoms with Crippen LogP contribution < -0.4 is 5.73 Å². The van der Waals surface area contributed by atoms with Crippen molar-refractivity contribution in [3.8, 4) is 0 Å². The molecule has 0 bridgehead atoms. The summed E-state index contributed by atoms with van der Waals surface area (Å²) >= 11 is 0. The van der Waals surface area contributed by atoms with Gasteiger partial charge in [0.2, 0.25) is 5.91 Å². The minimum absolute atomic E-state index is 0.0273. The molecule has 6 nitrogen and oxygen atoms in total. The first-order chi connectivity index (χ1) is 9.89. The molecular formula is C15H27N3O3. The van der Waals surface area contributed by atoms with Crippen LogP contribution in [-0.2, 0) is 4.79 Å². The zero-order valence-electron chi connectivity index (χ0n) is 13.0. The van der Waals surface area contributed by atoms with E-state index in [1.807, 2.05) is 13.8 Å². The molecule has 2 aliphatic rings. The first kappa shape index (κ1) is 16.1. The molecule has 0 aromatic rings. The van der Waals surface area contributed by atoms with Gasteiger partial charge in [0.05, 0.1) is 5.60 Å². The van der Waals surface area contributed by atoms with Crippen LogP contribution in [0.3, 0.4) is 0 Å². The third-order valence-electron chi connectivity index (χ3n) is 5.11. The molecule has 4 N–H and O–H groups in total. The van der Waals surface area contributed by atoms with Gasteiger partial charge in [-0.1, -0.05) is 31.8 Å². The van der Waals surface area contributed by atoms with Crippen molar-refractivity contribution >= 4 is 11.7 Å². The lowest BCUT2D eigenvalue weighted by Crippen LogP contribution is -2.56. The number of amidine groups is 1. The second-order valence-electron chi connectivity index (χ2n) is 6.83. The molecule has 1 saturated carbocycles. The highest BCUT2D eigenvalue weighted by molar-refractivity contribution is 6.02. The van der Waals surface area contributed by atoms with Crippen molar-refractivity contribution in [2.75, 3.05) is 13.1 Å². The fourth-order valence-corrected chi connectivity index (χ4v) is 3.78. The number of hydrogen-bond donors (Lipinski definition) is 3. The van der Waals surface area contributed by atoms with E-state index >= 15 is 0 Å². The summed E-state index contributed by atoms with van der Waals surface area (Å²) in [5.74, 6) is -0.582. The van der Waals surface area contributed by atoms with E-state index in [4.69, 9.17) is 10.9 Å². The second kappa shape index (κ2) is 6.22. The van der Waals surface area contributed by atoms with Gasteiger partial charge in [-0.2, -0.15) is 0 Å². The van der Waals surface area contributed by atoms with Gasteiger partial charge in [-0.25, -0.2) is 0 Å². The van der Waals surface area contributed by atoms with Crippen molar-refractivity contribution in [1.82, 2.24) is 4.90 Å². The number of aliphatic hydroxyl groups is 1. The van der Waals surface area contributed by atoms with Crippen LogP contribution in [0, 0.1) is 17.8 Å². The van der Waals surface area contributed by atoms with Gasteiger partial charge in [-0.3, -0.25) is 4.79 Å². The predicted octanol–water partition coefficient (Wildman–Crippen LogP) is 1.16. The van der Waals surface area contributed by atoms with Crippen molar-refractivity contribution in [3.63, 3.8) is 0 Å². The first-order valence-electron chi connectivity index (χ1n) is 7.87. The SMILES string of the molecule is CC(C)C(C(=O)N1CCC2(O)CCCCC2C1)C(N)=NO. The van der Waals surface area contributed by atoms with Crippen molar-refractivity contribution in [2.45, 2.75) is 51.6 Å². The first-order valence-corrected chi connectivity index (χ1v) is 7.87. The summed E-state index contributed by atoms with van der Waals surface area (Å²) in [4.78, 5) is 14.5. The summed E-state index contributed by atoms with van der Waals surface area (Å²) in [7, 11) is 0. The number of nitrogens with zero attached hydrogens (tertiary/aromatic N) is 2. The highest BCUT2D eigenvalue weighted by Gasteiger charge is 2.45. The zero-order valence-corrected chi connectivity index (χ0v) is 13.0. The van der Waals surface area contributed by atoms with Gasteiger partial charge in [0, 0.05) is 19.0 Å². The van der Waals surface area contributed by atoms with Crippen molar-refractivity contribution in [1.29, 1.82) is 0 Å². The third-order valence-corrected chi connectivity index (χ3v) is 5.11. The van der Waals surface area contributed by atoms with Gasteiger partial charge in [0.15, 0.2) is 5.84 Å². The summed E-state index contributed by atoms with van der Waals surface area (Å²) in [5.41, 5.74) is 5.09. The molecule has 0 aromatic heterocycles. The average molecular weight is 297 g/mol. The Morgan fingerprint density at radius 2 is 2.10 bits per heavy atom. The minimum Gasteiger partial charge on any atom is -0.409 e. The van der Waals surface area contributed by atoms with E-state index in [9.17, 15) is 9.90 Å². The number of carbonyl (C=O) groups excluding carboxylic acids is 1. The van der Waals surface area contributed by atoms with E-state index in [-0.39, 0.29) is 23.6 Å². The maximum Gasteiger partial charge on any atom is 0.233 e. The van der Waals surface area contributed by atoms with Crippen LogP contribution in [0.1, 0.15) is 46.0 Å². The summed E-state index contributed by atoms with van der Waals surface area (Å²) in [5, 5.41) is 22.6. The van der Waals surface area contributed by atoms with Crippen LogP contribution in [0.25, 0.3) is 0 Å². The Kier molecular flexibility index (Phi) is 4.76. The van der Waals surface area contributed by atoms with Crippen LogP contribution in [0.4, 0.5) is 0 Å². The van der Waals surface area contributed by atoms with Crippen LogP contribution in [0.15, 0.2) is 5.16 Å². The zero-order chi connectivity index (χ0) is 15.6. The van der Waals surface area contributed by atoms with Gasteiger partial charge in [0.1, 0.15) is 5.92 Å². The summed E-state index contributed by atoms with van der Waals surface area (Å²) in [6, 6.07) is 0. The van der Waals surface area contributed by atoms with E-state index < -0.39 is 11.5 Å². The van der Waals surface area contributed by atoms with Crippen LogP contribution in [0.5, 0.6) is 0 Å². The monoisotopic (exact) mass is 297 g/mol. The van der Waals surface area contributed by atoms with Crippen molar-refractivity contribution < 1.29 is 15.1 Å². The smallest absolute Gasteiger partial charge is 0.233 e. The predicted molar refractivity (Wildman–Crippen MR) is 79.8 cm³/mol. The Hall–Kier alpha value is -1.30. The molecule has 2 fully saturated rings. The maximum absolute atomic E-state index is 12.7. The fraction of sp³-hybridized carbons (Fsp3) is 0.867. The van der Waals surface area contributed by atoms with Crippen molar-refractivity contribution in [3.05, 3.63) is 0 Å². The number of likely N-dealkylation sites (tertiary alicyclic amines) is 1. The number of amides is 1. The molecule has 1 aliphatic heterocycles. The van der Waals surface area contributed by atoms with Gasteiger partial charge >= 0.3 is 0 Å². The number of rotatable bonds is 3. The van der Waals surface area contributed by atoms with E-state index in [0.717, 1.165) is 25.7 Å². The van der Waals surface area contributed by atoms with E-state index in [2.05, 4.69) is 5.16 Å². The molecule has 0 aromatic carbocycles. The Morgan fingerprint density at radius 3 is 2.71 bits per heavy atom. The highest BCUT2D eigenvalue weighted by Crippen LogP contribution is 2.40. The number of carbonyl (C=O) groups is 1. The molecule has 1 heterocycles. The molecule has 120 valence electrons. The summed E-state index contributed by atoms with van der Waals surface area (Å²) in [6.45, 7) is 4.91. The van der Waals surface area contributed by atoms with Gasteiger partial charge in [-0.15, -0.1) is 0 Å². The second-order valence-corrected chi connectivity index (χ2v) is 6.83. The third kappa shape index (κ3) is 3.15.